The van der Waals surface area contributed by atoms with E-state index in [4.69, 9.17) is 15.6 Å². The second kappa shape index (κ2) is 10.1. The lowest BCUT2D eigenvalue weighted by Gasteiger charge is -2.20. The lowest BCUT2D eigenvalue weighted by Crippen LogP contribution is -2.20. The molecular formula is C22H29NO4. The lowest BCUT2D eigenvalue weighted by molar-refractivity contribution is -0.137. The first-order chi connectivity index (χ1) is 12.8. The minimum atomic E-state index is -0.751. The van der Waals surface area contributed by atoms with E-state index < -0.39 is 5.97 Å². The fourth-order valence-corrected chi connectivity index (χ4v) is 3.03. The highest BCUT2D eigenvalue weighted by Gasteiger charge is 2.14. The third-order valence-electron chi connectivity index (χ3n) is 4.99. The molecule has 0 aliphatic rings. The minimum absolute atomic E-state index is 0.0525. The second-order valence-electron chi connectivity index (χ2n) is 7.26. The Morgan fingerprint density at radius 1 is 1.04 bits per heavy atom. The summed E-state index contributed by atoms with van der Waals surface area (Å²) < 4.78 is 5.96. The van der Waals surface area contributed by atoms with Crippen LogP contribution in [0, 0.1) is 5.92 Å². The molecule has 0 bridgehead atoms. The summed E-state index contributed by atoms with van der Waals surface area (Å²) in [6.07, 6.45) is 2.80. The molecule has 0 aliphatic heterocycles. The van der Waals surface area contributed by atoms with E-state index in [1.165, 1.54) is 0 Å². The lowest BCUT2D eigenvalue weighted by atomic mass is 9.99. The Morgan fingerprint density at radius 2 is 1.67 bits per heavy atom. The Bertz CT molecular complexity index is 787. The highest BCUT2D eigenvalue weighted by atomic mass is 16.5. The van der Waals surface area contributed by atoms with E-state index in [1.807, 2.05) is 6.92 Å². The summed E-state index contributed by atoms with van der Waals surface area (Å²) in [6.45, 7) is 4.62. The molecule has 0 saturated heterocycles. The molecule has 2 aromatic carbocycles. The number of hydrogen-bond acceptors (Lipinski definition) is 3. The van der Waals surface area contributed by atoms with Gasteiger partial charge >= 0.3 is 5.97 Å². The van der Waals surface area contributed by atoms with Gasteiger partial charge in [0.1, 0.15) is 0 Å². The van der Waals surface area contributed by atoms with Gasteiger partial charge in [-0.1, -0.05) is 37.3 Å². The summed E-state index contributed by atoms with van der Waals surface area (Å²) in [5.41, 5.74) is 7.47. The summed E-state index contributed by atoms with van der Waals surface area (Å²) >= 11 is 0. The van der Waals surface area contributed by atoms with E-state index in [1.54, 1.807) is 0 Å². The maximum Gasteiger partial charge on any atom is 0.303 e. The smallest absolute Gasteiger partial charge is 0.303 e. The third-order valence-corrected chi connectivity index (χ3v) is 4.99. The van der Waals surface area contributed by atoms with Crippen LogP contribution in [-0.4, -0.2) is 23.1 Å². The number of carbonyl (C=O) groups is 2. The number of aryl methyl sites for hydroxylation is 1. The van der Waals surface area contributed by atoms with Crippen LogP contribution in [0.3, 0.4) is 0 Å². The average Bonchev–Trinajstić information content (AvgIpc) is 2.63. The van der Waals surface area contributed by atoms with Crippen molar-refractivity contribution in [2.45, 2.75) is 58.7 Å². The number of carboxylic acid groups (broad SMARTS) is 1. The van der Waals surface area contributed by atoms with Crippen molar-refractivity contribution in [1.82, 2.24) is 0 Å². The van der Waals surface area contributed by atoms with Gasteiger partial charge in [0.2, 0.25) is 5.91 Å². The molecule has 5 heteroatoms. The SMILES string of the molecule is C[C@@H](CCC(N)=O)[C@@H](C)OCc1ccc2cc(CCCC(=O)O)ccc2c1. The van der Waals surface area contributed by atoms with Crippen molar-refractivity contribution in [2.24, 2.45) is 11.7 Å². The van der Waals surface area contributed by atoms with Crippen LogP contribution in [0.1, 0.15) is 50.7 Å². The monoisotopic (exact) mass is 371 g/mol. The van der Waals surface area contributed by atoms with Crippen molar-refractivity contribution in [3.05, 3.63) is 47.5 Å². The average molecular weight is 371 g/mol. The largest absolute Gasteiger partial charge is 0.481 e. The Kier molecular flexibility index (Phi) is 7.80. The van der Waals surface area contributed by atoms with E-state index in [-0.39, 0.29) is 24.3 Å². The number of carbonyl (C=O) groups excluding carboxylic acids is 1. The first kappa shape index (κ1) is 20.9. The molecule has 0 aromatic heterocycles. The minimum Gasteiger partial charge on any atom is -0.481 e. The number of primary amides is 1. The summed E-state index contributed by atoms with van der Waals surface area (Å²) in [4.78, 5) is 21.5. The van der Waals surface area contributed by atoms with Crippen molar-refractivity contribution in [3.8, 4) is 0 Å². The van der Waals surface area contributed by atoms with Gasteiger partial charge in [0.15, 0.2) is 0 Å². The van der Waals surface area contributed by atoms with Crippen LogP contribution < -0.4 is 5.73 Å². The Morgan fingerprint density at radius 3 is 2.30 bits per heavy atom. The molecule has 3 N–H and O–H groups in total. The Hall–Kier alpha value is -2.40. The third kappa shape index (κ3) is 7.02. The summed E-state index contributed by atoms with van der Waals surface area (Å²) in [5, 5.41) is 11.0. The van der Waals surface area contributed by atoms with Crippen LogP contribution in [-0.2, 0) is 27.4 Å². The van der Waals surface area contributed by atoms with Crippen LogP contribution in [0.5, 0.6) is 0 Å². The fourth-order valence-electron chi connectivity index (χ4n) is 3.03. The zero-order valence-corrected chi connectivity index (χ0v) is 16.1. The molecule has 1 amide bonds. The molecule has 2 aromatic rings. The molecule has 0 heterocycles. The maximum atomic E-state index is 10.9. The molecule has 0 aliphatic carbocycles. The fraction of sp³-hybridized carbons (Fsp3) is 0.455. The van der Waals surface area contributed by atoms with Crippen molar-refractivity contribution in [3.63, 3.8) is 0 Å². The number of nitrogens with two attached hydrogens (primary N) is 1. The van der Waals surface area contributed by atoms with Gasteiger partial charge in [-0.25, -0.2) is 0 Å². The molecule has 27 heavy (non-hydrogen) atoms. The molecule has 0 saturated carbocycles. The standard InChI is InChI=1S/C22H29NO4/c1-15(6-11-21(23)24)16(2)27-14-18-8-10-19-12-17(4-3-5-22(25)26)7-9-20(19)13-18/h7-10,12-13,15-16H,3-6,11,14H2,1-2H3,(H2,23,24)(H,25,26)/t15-,16+/m0/s1. The first-order valence-corrected chi connectivity index (χ1v) is 9.48. The number of carboxylic acids is 1. The number of benzene rings is 2. The van der Waals surface area contributed by atoms with Gasteiger partial charge < -0.3 is 15.6 Å². The maximum absolute atomic E-state index is 10.9. The van der Waals surface area contributed by atoms with Crippen molar-refractivity contribution >= 4 is 22.6 Å². The van der Waals surface area contributed by atoms with Crippen molar-refractivity contribution in [2.75, 3.05) is 0 Å². The van der Waals surface area contributed by atoms with Crippen LogP contribution >= 0.6 is 0 Å². The molecule has 0 fully saturated rings. The Labute approximate surface area is 160 Å². The van der Waals surface area contributed by atoms with Gasteiger partial charge in [-0.05, 0) is 60.1 Å². The number of amides is 1. The normalized spacial score (nSPS) is 13.4. The van der Waals surface area contributed by atoms with E-state index in [0.29, 0.717) is 19.4 Å². The molecule has 0 spiro atoms. The molecule has 2 rings (SSSR count). The molecule has 146 valence electrons. The topological polar surface area (TPSA) is 89.6 Å². The summed E-state index contributed by atoms with van der Waals surface area (Å²) in [5.74, 6) is -0.754. The quantitative estimate of drug-likeness (QED) is 0.623. The van der Waals surface area contributed by atoms with Crippen LogP contribution in [0.2, 0.25) is 0 Å². The predicted molar refractivity (Wildman–Crippen MR) is 106 cm³/mol. The van der Waals surface area contributed by atoms with E-state index >= 15 is 0 Å². The molecule has 2 atom stereocenters. The van der Waals surface area contributed by atoms with Gasteiger partial charge in [-0.15, -0.1) is 0 Å². The number of fused-ring (bicyclic) bond motifs is 1. The number of ether oxygens (including phenoxy) is 1. The van der Waals surface area contributed by atoms with E-state index in [2.05, 4.69) is 43.3 Å². The number of rotatable bonds is 11. The van der Waals surface area contributed by atoms with Gasteiger partial charge in [-0.3, -0.25) is 9.59 Å². The van der Waals surface area contributed by atoms with Crippen molar-refractivity contribution < 1.29 is 19.4 Å². The number of aliphatic carboxylic acids is 1. The summed E-state index contributed by atoms with van der Waals surface area (Å²) in [6, 6.07) is 12.5. The molecule has 0 radical (unpaired) electrons. The molecule has 5 nitrogen and oxygen atoms in total. The molecular weight excluding hydrogens is 342 g/mol. The van der Waals surface area contributed by atoms with E-state index in [9.17, 15) is 9.59 Å². The van der Waals surface area contributed by atoms with Gasteiger partial charge in [0.25, 0.3) is 0 Å². The predicted octanol–water partition coefficient (Wildman–Crippen LogP) is 4.05. The highest BCUT2D eigenvalue weighted by molar-refractivity contribution is 5.83. The summed E-state index contributed by atoms with van der Waals surface area (Å²) in [7, 11) is 0. The van der Waals surface area contributed by atoms with Crippen LogP contribution in [0.25, 0.3) is 10.8 Å². The van der Waals surface area contributed by atoms with Gasteiger partial charge in [0, 0.05) is 12.8 Å². The number of hydrogen-bond donors (Lipinski definition) is 2. The van der Waals surface area contributed by atoms with Crippen molar-refractivity contribution in [1.29, 1.82) is 0 Å². The first-order valence-electron chi connectivity index (χ1n) is 9.48. The van der Waals surface area contributed by atoms with Gasteiger partial charge in [-0.2, -0.15) is 0 Å². The second-order valence-corrected chi connectivity index (χ2v) is 7.26. The van der Waals surface area contributed by atoms with Crippen LogP contribution in [0.4, 0.5) is 0 Å². The van der Waals surface area contributed by atoms with Gasteiger partial charge in [0.05, 0.1) is 12.7 Å². The zero-order chi connectivity index (χ0) is 19.8. The Balaban J connectivity index is 1.92. The highest BCUT2D eigenvalue weighted by Crippen LogP contribution is 2.21. The molecule has 0 unspecified atom stereocenters. The zero-order valence-electron chi connectivity index (χ0n) is 16.1. The van der Waals surface area contributed by atoms with E-state index in [0.717, 1.165) is 34.7 Å². The van der Waals surface area contributed by atoms with Crippen LogP contribution in [0.15, 0.2) is 36.4 Å².